The number of rotatable bonds is 8. The molecule has 2 aliphatic rings. The van der Waals surface area contributed by atoms with Crippen LogP contribution in [0, 0.1) is 17.5 Å². The van der Waals surface area contributed by atoms with Crippen molar-refractivity contribution < 1.29 is 18.0 Å². The molecule has 2 fully saturated rings. The second kappa shape index (κ2) is 12.7. The van der Waals surface area contributed by atoms with Gasteiger partial charge in [0, 0.05) is 70.7 Å². The van der Waals surface area contributed by atoms with Crippen LogP contribution in [-0.4, -0.2) is 70.9 Å². The van der Waals surface area contributed by atoms with Crippen LogP contribution in [0.2, 0.25) is 0 Å². The number of hydrogen-bond donors (Lipinski definition) is 1. The summed E-state index contributed by atoms with van der Waals surface area (Å²) in [5, 5.41) is 3.45. The van der Waals surface area contributed by atoms with E-state index in [0.717, 1.165) is 57.2 Å². The topological polar surface area (TPSA) is 51.7 Å². The van der Waals surface area contributed by atoms with Crippen molar-refractivity contribution in [3.05, 3.63) is 107 Å². The summed E-state index contributed by atoms with van der Waals surface area (Å²) in [6, 6.07) is 14.0. The van der Waals surface area contributed by atoms with E-state index in [2.05, 4.69) is 26.7 Å². The zero-order valence-corrected chi connectivity index (χ0v) is 22.5. The number of hydrogen-bond acceptors (Lipinski definition) is 5. The lowest BCUT2D eigenvalue weighted by Gasteiger charge is -2.34. The third kappa shape index (κ3) is 7.28. The molecule has 210 valence electrons. The van der Waals surface area contributed by atoms with Crippen LogP contribution in [0.15, 0.2) is 67.4 Å². The Labute approximate surface area is 233 Å². The van der Waals surface area contributed by atoms with Gasteiger partial charge in [-0.3, -0.25) is 19.6 Å². The van der Waals surface area contributed by atoms with Crippen molar-refractivity contribution in [2.24, 2.45) is 0 Å². The van der Waals surface area contributed by atoms with Crippen LogP contribution in [0.25, 0.3) is 5.70 Å². The molecule has 0 spiro atoms. The predicted octanol–water partition coefficient (Wildman–Crippen LogP) is 4.68. The maximum absolute atomic E-state index is 13.5. The highest BCUT2D eigenvalue weighted by Crippen LogP contribution is 2.19. The third-order valence-corrected chi connectivity index (χ3v) is 7.59. The van der Waals surface area contributed by atoms with Crippen molar-refractivity contribution in [1.29, 1.82) is 0 Å². The molecule has 0 bridgehead atoms. The Hall–Kier alpha value is -3.69. The van der Waals surface area contributed by atoms with E-state index < -0.39 is 11.6 Å². The second-order valence-electron chi connectivity index (χ2n) is 10.6. The largest absolute Gasteiger partial charge is 0.381 e. The summed E-state index contributed by atoms with van der Waals surface area (Å²) < 4.78 is 40.1. The van der Waals surface area contributed by atoms with Crippen LogP contribution in [0.3, 0.4) is 0 Å². The smallest absolute Gasteiger partial charge is 0.255 e. The van der Waals surface area contributed by atoms with E-state index in [1.165, 1.54) is 24.3 Å². The minimum Gasteiger partial charge on any atom is -0.381 e. The Morgan fingerprint density at radius 2 is 1.43 bits per heavy atom. The summed E-state index contributed by atoms with van der Waals surface area (Å²) >= 11 is 0. The van der Waals surface area contributed by atoms with Crippen molar-refractivity contribution in [2.75, 3.05) is 39.3 Å². The van der Waals surface area contributed by atoms with Crippen molar-refractivity contribution in [3.63, 3.8) is 0 Å². The zero-order valence-electron chi connectivity index (χ0n) is 22.5. The van der Waals surface area contributed by atoms with Gasteiger partial charge in [-0.25, -0.2) is 13.2 Å². The van der Waals surface area contributed by atoms with Crippen LogP contribution >= 0.6 is 0 Å². The fraction of sp³-hybridized carbons (Fsp3) is 0.355. The summed E-state index contributed by atoms with van der Waals surface area (Å²) in [7, 11) is 0. The number of nitrogens with zero attached hydrogens (tertiary/aromatic N) is 4. The van der Waals surface area contributed by atoms with E-state index in [9.17, 15) is 18.0 Å². The van der Waals surface area contributed by atoms with Gasteiger partial charge >= 0.3 is 0 Å². The molecule has 0 aliphatic carbocycles. The number of pyridine rings is 1. The zero-order chi connectivity index (χ0) is 28.1. The molecule has 2 saturated heterocycles. The van der Waals surface area contributed by atoms with Crippen molar-refractivity contribution in [1.82, 2.24) is 25.0 Å². The SMILES string of the molecule is C=C(NC1CCN(Cc2cc(F)cc(F)c2)CC1)c1ccc(C(=O)N2CCN(Cc3ccc(F)cc3)CC2)cn1. The van der Waals surface area contributed by atoms with Gasteiger partial charge in [-0.1, -0.05) is 18.7 Å². The minimum absolute atomic E-state index is 0.0374. The third-order valence-electron chi connectivity index (χ3n) is 7.59. The molecule has 3 heterocycles. The first-order valence-electron chi connectivity index (χ1n) is 13.7. The molecule has 1 N–H and O–H groups in total. The molecular formula is C31H34F3N5O. The number of amides is 1. The van der Waals surface area contributed by atoms with E-state index in [0.29, 0.717) is 42.2 Å². The molecule has 0 atom stereocenters. The molecule has 1 amide bonds. The van der Waals surface area contributed by atoms with Gasteiger partial charge in [0.2, 0.25) is 0 Å². The maximum Gasteiger partial charge on any atom is 0.255 e. The first kappa shape index (κ1) is 27.9. The number of carbonyl (C=O) groups is 1. The quantitative estimate of drug-likeness (QED) is 0.442. The minimum atomic E-state index is -0.552. The first-order chi connectivity index (χ1) is 19.3. The molecular weight excluding hydrogens is 515 g/mol. The van der Waals surface area contributed by atoms with Crippen molar-refractivity contribution in [3.8, 4) is 0 Å². The fourth-order valence-corrected chi connectivity index (χ4v) is 5.35. The average molecular weight is 550 g/mol. The lowest BCUT2D eigenvalue weighted by molar-refractivity contribution is 0.0628. The number of piperazine rings is 1. The number of piperidine rings is 1. The second-order valence-corrected chi connectivity index (χ2v) is 10.6. The van der Waals surface area contributed by atoms with E-state index in [1.54, 1.807) is 24.4 Å². The number of benzene rings is 2. The van der Waals surface area contributed by atoms with Gasteiger partial charge in [-0.2, -0.15) is 0 Å². The van der Waals surface area contributed by atoms with Crippen molar-refractivity contribution in [2.45, 2.75) is 32.0 Å². The Bertz CT molecular complexity index is 1300. The molecule has 2 aromatic carbocycles. The van der Waals surface area contributed by atoms with E-state index in [1.807, 2.05) is 11.0 Å². The Morgan fingerprint density at radius 3 is 2.05 bits per heavy atom. The first-order valence-corrected chi connectivity index (χ1v) is 13.7. The van der Waals surface area contributed by atoms with Crippen LogP contribution in [-0.2, 0) is 13.1 Å². The maximum atomic E-state index is 13.5. The number of halogens is 3. The van der Waals surface area contributed by atoms with Crippen LogP contribution < -0.4 is 5.32 Å². The number of nitrogens with one attached hydrogen (secondary N) is 1. The lowest BCUT2D eigenvalue weighted by Crippen LogP contribution is -2.48. The van der Waals surface area contributed by atoms with Crippen molar-refractivity contribution >= 4 is 11.6 Å². The van der Waals surface area contributed by atoms with Crippen LogP contribution in [0.5, 0.6) is 0 Å². The molecule has 5 rings (SSSR count). The lowest BCUT2D eigenvalue weighted by atomic mass is 10.0. The normalized spacial score (nSPS) is 17.1. The molecule has 0 unspecified atom stereocenters. The summed E-state index contributed by atoms with van der Waals surface area (Å²) in [5.41, 5.74) is 3.64. The molecule has 0 radical (unpaired) electrons. The molecule has 3 aromatic rings. The number of carbonyl (C=O) groups excluding carboxylic acids is 1. The van der Waals surface area contributed by atoms with E-state index in [4.69, 9.17) is 0 Å². The summed E-state index contributed by atoms with van der Waals surface area (Å²) in [5.74, 6) is -1.38. The monoisotopic (exact) mass is 549 g/mol. The van der Waals surface area contributed by atoms with Crippen LogP contribution in [0.4, 0.5) is 13.2 Å². The summed E-state index contributed by atoms with van der Waals surface area (Å²) in [4.78, 5) is 23.8. The molecule has 2 aliphatic heterocycles. The molecule has 6 nitrogen and oxygen atoms in total. The summed E-state index contributed by atoms with van der Waals surface area (Å²) in [6.07, 6.45) is 3.36. The fourth-order valence-electron chi connectivity index (χ4n) is 5.35. The Kier molecular flexibility index (Phi) is 8.81. The number of aromatic nitrogens is 1. The highest BCUT2D eigenvalue weighted by Gasteiger charge is 2.23. The molecule has 1 aromatic heterocycles. The average Bonchev–Trinajstić information content (AvgIpc) is 2.95. The van der Waals surface area contributed by atoms with Gasteiger partial charge in [-0.15, -0.1) is 0 Å². The van der Waals surface area contributed by atoms with Gasteiger partial charge < -0.3 is 10.2 Å². The Balaban J connectivity index is 1.06. The van der Waals surface area contributed by atoms with Gasteiger partial charge in [-0.05, 0) is 60.4 Å². The molecule has 40 heavy (non-hydrogen) atoms. The Morgan fingerprint density at radius 1 is 0.800 bits per heavy atom. The van der Waals surface area contributed by atoms with Gasteiger partial charge in [0.1, 0.15) is 17.5 Å². The highest BCUT2D eigenvalue weighted by molar-refractivity contribution is 5.94. The number of likely N-dealkylation sites (tertiary alicyclic amines) is 1. The molecule has 9 heteroatoms. The standard InChI is InChI=1S/C31H34F3N5O/c1-22(36-29-8-10-37(11-9-29)21-24-16-27(33)18-28(34)17-24)30-7-4-25(19-35-30)31(40)39-14-12-38(13-15-39)20-23-2-5-26(32)6-3-23/h2-7,16-19,29,36H,1,8-15,20-21H2. The highest BCUT2D eigenvalue weighted by atomic mass is 19.1. The van der Waals surface area contributed by atoms with E-state index in [-0.39, 0.29) is 17.8 Å². The summed E-state index contributed by atoms with van der Waals surface area (Å²) in [6.45, 7) is 9.78. The molecule has 0 saturated carbocycles. The van der Waals surface area contributed by atoms with Crippen LogP contribution in [0.1, 0.15) is 40.0 Å². The van der Waals surface area contributed by atoms with Gasteiger partial charge in [0.05, 0.1) is 17.0 Å². The van der Waals surface area contributed by atoms with E-state index >= 15 is 0 Å². The van der Waals surface area contributed by atoms with Gasteiger partial charge in [0.15, 0.2) is 0 Å². The predicted molar refractivity (Wildman–Crippen MR) is 149 cm³/mol. The van der Waals surface area contributed by atoms with Gasteiger partial charge in [0.25, 0.3) is 5.91 Å².